The van der Waals surface area contributed by atoms with Gasteiger partial charge >= 0.3 is 0 Å². The fourth-order valence-electron chi connectivity index (χ4n) is 4.05. The SMILES string of the molecule is CC(C)[C@H](N)C(=O)N1C(=O)C(CC2CC2)c2ccccc2-c2c(N)cccc21.Cl. The van der Waals surface area contributed by atoms with E-state index in [4.69, 9.17) is 11.5 Å². The summed E-state index contributed by atoms with van der Waals surface area (Å²) in [6.45, 7) is 3.78. The van der Waals surface area contributed by atoms with Gasteiger partial charge in [-0.15, -0.1) is 12.4 Å². The van der Waals surface area contributed by atoms with Gasteiger partial charge in [-0.3, -0.25) is 9.59 Å². The molecule has 4 N–H and O–H groups in total. The van der Waals surface area contributed by atoms with Gasteiger partial charge in [0.25, 0.3) is 5.91 Å². The maximum absolute atomic E-state index is 13.7. The molecule has 1 aliphatic carbocycles. The predicted molar refractivity (Wildman–Crippen MR) is 119 cm³/mol. The Bertz CT molecular complexity index is 939. The monoisotopic (exact) mass is 413 g/mol. The maximum atomic E-state index is 13.7. The van der Waals surface area contributed by atoms with Crippen LogP contribution in [-0.2, 0) is 9.59 Å². The molecule has 0 saturated heterocycles. The predicted octanol–water partition coefficient (Wildman–Crippen LogP) is 4.10. The Labute approximate surface area is 177 Å². The Morgan fingerprint density at radius 1 is 1.14 bits per heavy atom. The number of nitrogens with zero attached hydrogens (tertiary/aromatic N) is 1. The lowest BCUT2D eigenvalue weighted by atomic mass is 9.87. The number of imide groups is 1. The Morgan fingerprint density at radius 3 is 2.48 bits per heavy atom. The van der Waals surface area contributed by atoms with E-state index in [9.17, 15) is 9.59 Å². The van der Waals surface area contributed by atoms with Crippen molar-refractivity contribution in [2.45, 2.75) is 45.1 Å². The number of halogens is 1. The van der Waals surface area contributed by atoms with Crippen molar-refractivity contribution in [3.63, 3.8) is 0 Å². The minimum absolute atomic E-state index is 0. The van der Waals surface area contributed by atoms with Crippen molar-refractivity contribution < 1.29 is 9.59 Å². The van der Waals surface area contributed by atoms with Crippen LogP contribution in [0.5, 0.6) is 0 Å². The molecule has 2 atom stereocenters. The second-order valence-electron chi connectivity index (χ2n) is 8.34. The average molecular weight is 414 g/mol. The highest BCUT2D eigenvalue weighted by atomic mass is 35.5. The molecule has 154 valence electrons. The van der Waals surface area contributed by atoms with Crippen molar-refractivity contribution in [3.05, 3.63) is 48.0 Å². The topological polar surface area (TPSA) is 89.4 Å². The summed E-state index contributed by atoms with van der Waals surface area (Å²) in [6.07, 6.45) is 3.03. The summed E-state index contributed by atoms with van der Waals surface area (Å²) in [5, 5.41) is 0. The van der Waals surface area contributed by atoms with Gasteiger partial charge < -0.3 is 11.5 Å². The molecule has 0 radical (unpaired) electrons. The third-order valence-electron chi connectivity index (χ3n) is 5.93. The summed E-state index contributed by atoms with van der Waals surface area (Å²) in [4.78, 5) is 28.3. The van der Waals surface area contributed by atoms with Gasteiger partial charge in [0.15, 0.2) is 0 Å². The smallest absolute Gasteiger partial charge is 0.250 e. The van der Waals surface area contributed by atoms with Crippen LogP contribution in [0.1, 0.15) is 44.6 Å². The molecule has 2 aromatic carbocycles. The summed E-state index contributed by atoms with van der Waals surface area (Å²) in [7, 11) is 0. The molecule has 0 aromatic heterocycles. The Hall–Kier alpha value is -2.37. The van der Waals surface area contributed by atoms with Crippen molar-refractivity contribution in [2.24, 2.45) is 17.6 Å². The molecule has 1 heterocycles. The van der Waals surface area contributed by atoms with Crippen LogP contribution in [0.4, 0.5) is 11.4 Å². The van der Waals surface area contributed by atoms with E-state index in [2.05, 4.69) is 0 Å². The number of nitrogens with two attached hydrogens (primary N) is 2. The number of hydrogen-bond acceptors (Lipinski definition) is 4. The normalized spacial score (nSPS) is 19.1. The van der Waals surface area contributed by atoms with E-state index >= 15 is 0 Å². The van der Waals surface area contributed by atoms with Crippen molar-refractivity contribution in [1.82, 2.24) is 0 Å². The lowest BCUT2D eigenvalue weighted by molar-refractivity contribution is -0.128. The van der Waals surface area contributed by atoms with Crippen molar-refractivity contribution in [3.8, 4) is 11.1 Å². The van der Waals surface area contributed by atoms with E-state index < -0.39 is 6.04 Å². The van der Waals surface area contributed by atoms with Gasteiger partial charge in [-0.2, -0.15) is 0 Å². The summed E-state index contributed by atoms with van der Waals surface area (Å²) < 4.78 is 0. The number of hydrogen-bond donors (Lipinski definition) is 2. The molecule has 1 saturated carbocycles. The van der Waals surface area contributed by atoms with E-state index in [-0.39, 0.29) is 36.1 Å². The number of rotatable bonds is 4. The number of fused-ring (bicyclic) bond motifs is 3. The van der Waals surface area contributed by atoms with Gasteiger partial charge in [0, 0.05) is 11.3 Å². The number of carbonyl (C=O) groups is 2. The standard InChI is InChI=1S/C23H27N3O2.ClH/c1-13(2)21(25)23(28)26-19-9-5-8-18(24)20(19)16-7-4-3-6-15(16)17(22(26)27)12-14-10-11-14;/h3-9,13-14,17,21H,10-12,24-25H2,1-2H3;1H/t17?,21-;/m0./s1. The average Bonchev–Trinajstić information content (AvgIpc) is 3.50. The van der Waals surface area contributed by atoms with Gasteiger partial charge in [0.1, 0.15) is 0 Å². The highest BCUT2D eigenvalue weighted by Gasteiger charge is 2.41. The van der Waals surface area contributed by atoms with Crippen molar-refractivity contribution >= 4 is 35.6 Å². The first kappa shape index (κ1) is 21.3. The van der Waals surface area contributed by atoms with Gasteiger partial charge in [-0.05, 0) is 41.5 Å². The molecular formula is C23H28ClN3O2. The molecular weight excluding hydrogens is 386 g/mol. The molecule has 29 heavy (non-hydrogen) atoms. The second-order valence-corrected chi connectivity index (χ2v) is 8.34. The fourth-order valence-corrected chi connectivity index (χ4v) is 4.05. The van der Waals surface area contributed by atoms with Gasteiger partial charge in [-0.25, -0.2) is 4.90 Å². The van der Waals surface area contributed by atoms with E-state index in [1.54, 1.807) is 12.1 Å². The Kier molecular flexibility index (Phi) is 6.01. The molecule has 0 spiro atoms. The molecule has 5 nitrogen and oxygen atoms in total. The molecule has 2 aliphatic rings. The quantitative estimate of drug-likeness (QED) is 0.738. The van der Waals surface area contributed by atoms with Crippen LogP contribution >= 0.6 is 12.4 Å². The number of benzene rings is 2. The van der Waals surface area contributed by atoms with Crippen molar-refractivity contribution in [1.29, 1.82) is 0 Å². The molecule has 1 aliphatic heterocycles. The van der Waals surface area contributed by atoms with Crippen LogP contribution in [0.25, 0.3) is 11.1 Å². The van der Waals surface area contributed by atoms with Gasteiger partial charge in [-0.1, -0.05) is 57.0 Å². The fraction of sp³-hybridized carbons (Fsp3) is 0.391. The van der Waals surface area contributed by atoms with Gasteiger partial charge in [0.2, 0.25) is 5.91 Å². The van der Waals surface area contributed by atoms with Crippen LogP contribution in [0.3, 0.4) is 0 Å². The first-order chi connectivity index (χ1) is 13.4. The number of anilines is 2. The molecule has 1 fully saturated rings. The summed E-state index contributed by atoms with van der Waals surface area (Å²) in [6, 6.07) is 12.5. The molecule has 1 unspecified atom stereocenters. The summed E-state index contributed by atoms with van der Waals surface area (Å²) in [5.41, 5.74) is 16.3. The second kappa shape index (κ2) is 8.17. The van der Waals surface area contributed by atoms with Crippen LogP contribution in [0.15, 0.2) is 42.5 Å². The first-order valence-corrected chi connectivity index (χ1v) is 10.0. The Morgan fingerprint density at radius 2 is 1.83 bits per heavy atom. The maximum Gasteiger partial charge on any atom is 0.250 e. The highest BCUT2D eigenvalue weighted by Crippen LogP contribution is 2.48. The minimum atomic E-state index is -0.749. The van der Waals surface area contributed by atoms with E-state index in [1.807, 2.05) is 44.2 Å². The molecule has 4 rings (SSSR count). The zero-order valence-corrected chi connectivity index (χ0v) is 17.6. The van der Waals surface area contributed by atoms with Crippen LogP contribution < -0.4 is 16.4 Å². The third-order valence-corrected chi connectivity index (χ3v) is 5.93. The molecule has 2 aromatic rings. The zero-order chi connectivity index (χ0) is 20.0. The van der Waals surface area contributed by atoms with Crippen LogP contribution in [0.2, 0.25) is 0 Å². The third kappa shape index (κ3) is 3.77. The van der Waals surface area contributed by atoms with Crippen LogP contribution in [-0.4, -0.2) is 17.9 Å². The highest BCUT2D eigenvalue weighted by molar-refractivity contribution is 6.22. The van der Waals surface area contributed by atoms with E-state index in [0.29, 0.717) is 17.3 Å². The summed E-state index contributed by atoms with van der Waals surface area (Å²) >= 11 is 0. The first-order valence-electron chi connectivity index (χ1n) is 10.0. The number of amides is 2. The lowest BCUT2D eigenvalue weighted by Crippen LogP contribution is -2.50. The van der Waals surface area contributed by atoms with Crippen molar-refractivity contribution in [2.75, 3.05) is 10.6 Å². The Balaban J connectivity index is 0.00000240. The summed E-state index contributed by atoms with van der Waals surface area (Å²) in [5.74, 6) is -0.447. The molecule has 0 bridgehead atoms. The largest absolute Gasteiger partial charge is 0.398 e. The van der Waals surface area contributed by atoms with E-state index in [0.717, 1.165) is 36.0 Å². The zero-order valence-electron chi connectivity index (χ0n) is 16.8. The molecule has 6 heteroatoms. The number of carbonyl (C=O) groups excluding carboxylic acids is 2. The number of nitrogen functional groups attached to an aromatic ring is 1. The van der Waals surface area contributed by atoms with E-state index in [1.165, 1.54) is 4.90 Å². The van der Waals surface area contributed by atoms with Crippen LogP contribution in [0, 0.1) is 11.8 Å². The van der Waals surface area contributed by atoms with Gasteiger partial charge in [0.05, 0.1) is 17.6 Å². The lowest BCUT2D eigenvalue weighted by Gasteiger charge is -2.28. The minimum Gasteiger partial charge on any atom is -0.398 e. The molecule has 2 amide bonds.